The smallest absolute Gasteiger partial charge is 0.545 e. The number of anilines is 1. The van der Waals surface area contributed by atoms with Crippen molar-refractivity contribution in [2.75, 3.05) is 18.5 Å². The third-order valence-electron chi connectivity index (χ3n) is 5.02. The first-order valence-corrected chi connectivity index (χ1v) is 10.4. The Morgan fingerprint density at radius 2 is 1.76 bits per heavy atom. The minimum atomic E-state index is -1.41. The molecule has 1 N–H and O–H groups in total. The third kappa shape index (κ3) is 7.87. The van der Waals surface area contributed by atoms with E-state index < -0.39 is 5.97 Å². The molecule has 0 amide bonds. The van der Waals surface area contributed by atoms with Crippen LogP contribution in [0.5, 0.6) is 5.75 Å². The van der Waals surface area contributed by atoms with Gasteiger partial charge in [0, 0.05) is 24.8 Å². The average Bonchev–Trinajstić information content (AvgIpc) is 2.78. The average molecular weight is 468 g/mol. The zero-order valence-corrected chi connectivity index (χ0v) is 22.5. The zero-order valence-electron chi connectivity index (χ0n) is 19.4. The predicted molar refractivity (Wildman–Crippen MR) is 127 cm³/mol. The Balaban J connectivity index is 0.00000385. The van der Waals surface area contributed by atoms with Crippen molar-refractivity contribution in [2.45, 2.75) is 13.8 Å². The van der Waals surface area contributed by atoms with Crippen LogP contribution in [0.25, 0.3) is 12.2 Å². The van der Waals surface area contributed by atoms with Crippen molar-refractivity contribution in [3.63, 3.8) is 0 Å². The maximum absolute atomic E-state index is 11.0. The van der Waals surface area contributed by atoms with Crippen LogP contribution in [0.15, 0.2) is 89.9 Å². The summed E-state index contributed by atoms with van der Waals surface area (Å²) >= 11 is 0. The maximum atomic E-state index is 11.0. The Kier molecular flexibility index (Phi) is 10.4. The number of hydrogen-bond acceptors (Lipinski definition) is 5. The fourth-order valence-electron chi connectivity index (χ4n) is 3.16. The summed E-state index contributed by atoms with van der Waals surface area (Å²) in [5.41, 5.74) is 3.62. The summed E-state index contributed by atoms with van der Waals surface area (Å²) in [4.78, 5) is 13.2. The Labute approximate surface area is 237 Å². The van der Waals surface area contributed by atoms with Crippen molar-refractivity contribution >= 4 is 23.8 Å². The van der Waals surface area contributed by atoms with Crippen LogP contribution in [0.2, 0.25) is 0 Å². The molecule has 0 radical (unpaired) electrons. The monoisotopic (exact) mass is 467 g/mol. The molecule has 2 aromatic carbocycles. The molecule has 0 spiro atoms. The number of benzene rings is 2. The molecule has 0 atom stereocenters. The van der Waals surface area contributed by atoms with Crippen LogP contribution in [-0.2, 0) is 4.74 Å². The van der Waals surface area contributed by atoms with Gasteiger partial charge in [-0.25, -0.2) is 0 Å². The van der Waals surface area contributed by atoms with Crippen molar-refractivity contribution < 1.29 is 71.1 Å². The first kappa shape index (κ1) is 26.9. The van der Waals surface area contributed by atoms with E-state index in [2.05, 4.69) is 43.1 Å². The molecular weight excluding hydrogens is 441 g/mol. The van der Waals surface area contributed by atoms with E-state index >= 15 is 0 Å². The largest absolute Gasteiger partial charge is 1.00 e. The van der Waals surface area contributed by atoms with Crippen molar-refractivity contribution in [1.82, 2.24) is 0 Å². The van der Waals surface area contributed by atoms with Crippen molar-refractivity contribution in [3.05, 3.63) is 107 Å². The Morgan fingerprint density at radius 1 is 1.06 bits per heavy atom. The Bertz CT molecular complexity index is 1140. The van der Waals surface area contributed by atoms with E-state index in [0.29, 0.717) is 5.56 Å². The van der Waals surface area contributed by atoms with E-state index in [-0.39, 0.29) is 62.7 Å². The van der Waals surface area contributed by atoms with Gasteiger partial charge in [0.25, 0.3) is 0 Å². The summed E-state index contributed by atoms with van der Waals surface area (Å²) in [7, 11) is 2.06. The van der Waals surface area contributed by atoms with Gasteiger partial charge < -0.3 is 24.6 Å². The molecule has 3 rings (SSSR count). The number of phenols is 1. The van der Waals surface area contributed by atoms with Crippen LogP contribution in [0, 0.1) is 0 Å². The van der Waals surface area contributed by atoms with Gasteiger partial charge in [0.05, 0.1) is 5.97 Å². The second-order valence-corrected chi connectivity index (χ2v) is 7.43. The van der Waals surface area contributed by atoms with Crippen LogP contribution in [0.3, 0.4) is 0 Å². The quantitative estimate of drug-likeness (QED) is 0.628. The zero-order chi connectivity index (χ0) is 23.1. The van der Waals surface area contributed by atoms with E-state index in [9.17, 15) is 15.0 Å². The van der Waals surface area contributed by atoms with E-state index in [1.165, 1.54) is 17.8 Å². The number of carboxylic acid groups (broad SMARTS) is 1. The summed E-state index contributed by atoms with van der Waals surface area (Å²) in [5, 5.41) is 20.6. The molecule has 2 aromatic rings. The van der Waals surface area contributed by atoms with Gasteiger partial charge in [-0.05, 0) is 73.0 Å². The molecule has 0 saturated heterocycles. The molecule has 1 heterocycles. The molecule has 5 nitrogen and oxygen atoms in total. The molecule has 0 bridgehead atoms. The number of ether oxygens (including phenoxy) is 1. The number of hydrogen-bond donors (Lipinski definition) is 1. The van der Waals surface area contributed by atoms with Crippen molar-refractivity contribution in [1.29, 1.82) is 0 Å². The molecule has 1 aliphatic heterocycles. The number of aromatic hydroxyl groups is 1. The van der Waals surface area contributed by atoms with Crippen LogP contribution < -0.4 is 61.4 Å². The Morgan fingerprint density at radius 3 is 2.42 bits per heavy atom. The number of carbonyl (C=O) groups excluding carboxylic acids is 1. The molecular formula is C27H26KNO4. The summed E-state index contributed by atoms with van der Waals surface area (Å²) in [6.07, 6.45) is 13.3. The maximum Gasteiger partial charge on any atom is 1.00 e. The summed E-state index contributed by atoms with van der Waals surface area (Å²) < 4.78 is 5.80. The number of rotatable bonds is 7. The number of carbonyl (C=O) groups is 1. The predicted octanol–water partition coefficient (Wildman–Crippen LogP) is 1.69. The topological polar surface area (TPSA) is 72.8 Å². The minimum absolute atomic E-state index is 0. The van der Waals surface area contributed by atoms with Gasteiger partial charge in [0.2, 0.25) is 0 Å². The van der Waals surface area contributed by atoms with Gasteiger partial charge in [0.1, 0.15) is 17.3 Å². The molecule has 0 fully saturated rings. The van der Waals surface area contributed by atoms with Gasteiger partial charge in [0.15, 0.2) is 0 Å². The van der Waals surface area contributed by atoms with E-state index in [1.54, 1.807) is 12.1 Å². The number of allylic oxidation sites excluding steroid dienone is 7. The molecule has 33 heavy (non-hydrogen) atoms. The van der Waals surface area contributed by atoms with Gasteiger partial charge in [-0.1, -0.05) is 42.5 Å². The van der Waals surface area contributed by atoms with Gasteiger partial charge >= 0.3 is 51.4 Å². The van der Waals surface area contributed by atoms with E-state index in [0.717, 1.165) is 29.2 Å². The van der Waals surface area contributed by atoms with Crippen molar-refractivity contribution in [2.24, 2.45) is 0 Å². The molecule has 1 aliphatic rings. The van der Waals surface area contributed by atoms with Crippen LogP contribution in [0.4, 0.5) is 5.69 Å². The normalized spacial score (nSPS) is 14.6. The Hall–Kier alpha value is -2.35. The number of aromatic carboxylic acids is 1. The van der Waals surface area contributed by atoms with E-state index in [4.69, 9.17) is 4.74 Å². The minimum Gasteiger partial charge on any atom is -0.545 e. The molecule has 0 unspecified atom stereocenters. The molecule has 0 aromatic heterocycles. The first-order chi connectivity index (χ1) is 15.4. The second-order valence-electron chi connectivity index (χ2n) is 7.43. The molecule has 0 aliphatic carbocycles. The summed E-state index contributed by atoms with van der Waals surface area (Å²) in [6, 6.07) is 12.7. The first-order valence-electron chi connectivity index (χ1n) is 10.4. The fourth-order valence-corrected chi connectivity index (χ4v) is 3.16. The SMILES string of the molecule is CCN(C)c1ccc(/C=C/C2=CC(=C/C=C/c3ccc(O)c(C(=O)[O-])c3)/C=C(C)O2)cc1.[K+]. The molecule has 6 heteroatoms. The van der Waals surface area contributed by atoms with Crippen LogP contribution >= 0.6 is 0 Å². The molecule has 164 valence electrons. The van der Waals surface area contributed by atoms with Crippen LogP contribution in [-0.4, -0.2) is 24.7 Å². The molecule has 0 saturated carbocycles. The summed E-state index contributed by atoms with van der Waals surface area (Å²) in [5.74, 6) is -0.223. The fraction of sp³-hybridized carbons (Fsp3) is 0.148. The van der Waals surface area contributed by atoms with Gasteiger partial charge in [-0.3, -0.25) is 0 Å². The van der Waals surface area contributed by atoms with Gasteiger partial charge in [-0.15, -0.1) is 0 Å². The number of nitrogens with zero attached hydrogens (tertiary/aromatic N) is 1. The van der Waals surface area contributed by atoms with E-state index in [1.807, 2.05) is 43.4 Å². The van der Waals surface area contributed by atoms with Crippen LogP contribution in [0.1, 0.15) is 35.3 Å². The van der Waals surface area contributed by atoms with Gasteiger partial charge in [-0.2, -0.15) is 0 Å². The standard InChI is InChI=1S/C27H27NO4.K/c1-4-28(3)23-12-8-20(9-13-23)10-14-24-17-22(16-19(2)32-24)7-5-6-21-11-15-26(29)25(18-21)27(30)31;/h5-18,29H,4H2,1-3H3,(H,30,31);/q;+1/p-1/b6-5+,14-10+,22-7+;. The van der Waals surface area contributed by atoms with Crippen molar-refractivity contribution in [3.8, 4) is 5.75 Å². The second kappa shape index (κ2) is 12.8. The number of carboxylic acids is 1. The third-order valence-corrected chi connectivity index (χ3v) is 5.02. The summed E-state index contributed by atoms with van der Waals surface area (Å²) in [6.45, 7) is 4.96.